The van der Waals surface area contributed by atoms with Crippen LogP contribution in [-0.4, -0.2) is 15.0 Å². The first kappa shape index (κ1) is 11.0. The zero-order valence-electron chi connectivity index (χ0n) is 8.94. The second kappa shape index (κ2) is 4.99. The van der Waals surface area contributed by atoms with Crippen molar-refractivity contribution >= 4 is 17.3 Å². The van der Waals surface area contributed by atoms with Crippen molar-refractivity contribution in [2.24, 2.45) is 0 Å². The maximum atomic E-state index is 6.03. The van der Waals surface area contributed by atoms with E-state index in [-0.39, 0.29) is 6.04 Å². The van der Waals surface area contributed by atoms with Crippen LogP contribution in [0, 0.1) is 0 Å². The monoisotopic (exact) mass is 236 g/mol. The van der Waals surface area contributed by atoms with Crippen molar-refractivity contribution in [1.29, 1.82) is 0 Å². The first-order valence-electron chi connectivity index (χ1n) is 5.16. The number of anilines is 1. The average molecular weight is 237 g/mol. The van der Waals surface area contributed by atoms with E-state index in [4.69, 9.17) is 11.6 Å². The second-order valence-electron chi connectivity index (χ2n) is 3.44. The largest absolute Gasteiger partial charge is 0.374 e. The molecule has 0 aliphatic heterocycles. The molecule has 1 unspecified atom stereocenters. The molecule has 4 nitrogen and oxygen atoms in total. The number of hydrogen-bond acceptors (Lipinski definition) is 3. The highest BCUT2D eigenvalue weighted by molar-refractivity contribution is 6.33. The Balaban J connectivity index is 2.17. The molecule has 0 bridgehead atoms. The summed E-state index contributed by atoms with van der Waals surface area (Å²) in [4.78, 5) is 11.3. The molecule has 0 aliphatic carbocycles. The number of pyridine rings is 1. The molecule has 16 heavy (non-hydrogen) atoms. The van der Waals surface area contributed by atoms with Crippen LogP contribution in [0.1, 0.15) is 25.2 Å². The first-order valence-corrected chi connectivity index (χ1v) is 5.54. The summed E-state index contributed by atoms with van der Waals surface area (Å²) in [5.74, 6) is 0.912. The van der Waals surface area contributed by atoms with Gasteiger partial charge in [0, 0.05) is 24.8 Å². The van der Waals surface area contributed by atoms with Gasteiger partial charge in [0.05, 0.1) is 16.8 Å². The molecular weight excluding hydrogens is 224 g/mol. The normalized spacial score (nSPS) is 12.4. The van der Waals surface area contributed by atoms with E-state index in [1.54, 1.807) is 18.6 Å². The Morgan fingerprint density at radius 3 is 3.00 bits per heavy atom. The second-order valence-corrected chi connectivity index (χ2v) is 3.84. The van der Waals surface area contributed by atoms with E-state index in [9.17, 15) is 0 Å². The standard InChI is InChI=1S/C11H13ClN4/c1-2-9(11-14-5-6-15-11)16-10-3-4-13-7-8(10)12/h3-7,9H,2H2,1H3,(H,13,16)(H,14,15). The van der Waals surface area contributed by atoms with Crippen molar-refractivity contribution in [3.63, 3.8) is 0 Å². The average Bonchev–Trinajstić information content (AvgIpc) is 2.81. The molecule has 2 rings (SSSR count). The smallest absolute Gasteiger partial charge is 0.128 e. The maximum absolute atomic E-state index is 6.03. The van der Waals surface area contributed by atoms with Crippen molar-refractivity contribution in [1.82, 2.24) is 15.0 Å². The molecule has 0 radical (unpaired) electrons. The molecule has 0 aromatic carbocycles. The van der Waals surface area contributed by atoms with Gasteiger partial charge in [-0.15, -0.1) is 0 Å². The fraction of sp³-hybridized carbons (Fsp3) is 0.273. The Bertz CT molecular complexity index is 441. The molecule has 0 saturated carbocycles. The topological polar surface area (TPSA) is 53.6 Å². The maximum Gasteiger partial charge on any atom is 0.128 e. The van der Waals surface area contributed by atoms with Crippen LogP contribution in [-0.2, 0) is 0 Å². The molecule has 0 fully saturated rings. The van der Waals surface area contributed by atoms with E-state index >= 15 is 0 Å². The Morgan fingerprint density at radius 2 is 2.38 bits per heavy atom. The van der Waals surface area contributed by atoms with Gasteiger partial charge in [-0.2, -0.15) is 0 Å². The van der Waals surface area contributed by atoms with Crippen LogP contribution in [0.25, 0.3) is 0 Å². The highest BCUT2D eigenvalue weighted by Crippen LogP contribution is 2.25. The molecule has 0 saturated heterocycles. The number of aromatic nitrogens is 3. The highest BCUT2D eigenvalue weighted by Gasteiger charge is 2.12. The number of rotatable bonds is 4. The molecular formula is C11H13ClN4. The van der Waals surface area contributed by atoms with Crippen LogP contribution in [0.4, 0.5) is 5.69 Å². The van der Waals surface area contributed by atoms with E-state index < -0.39 is 0 Å². The fourth-order valence-electron chi connectivity index (χ4n) is 1.51. The summed E-state index contributed by atoms with van der Waals surface area (Å²) < 4.78 is 0. The van der Waals surface area contributed by atoms with Crippen LogP contribution >= 0.6 is 11.6 Å². The van der Waals surface area contributed by atoms with Gasteiger partial charge in [-0.25, -0.2) is 4.98 Å². The minimum Gasteiger partial charge on any atom is -0.374 e. The van der Waals surface area contributed by atoms with Gasteiger partial charge in [0.25, 0.3) is 0 Å². The molecule has 2 N–H and O–H groups in total. The third-order valence-corrected chi connectivity index (χ3v) is 2.66. The molecule has 2 heterocycles. The summed E-state index contributed by atoms with van der Waals surface area (Å²) in [6.45, 7) is 2.09. The van der Waals surface area contributed by atoms with Gasteiger partial charge in [-0.3, -0.25) is 4.98 Å². The molecule has 0 amide bonds. The van der Waals surface area contributed by atoms with Crippen LogP contribution in [0.2, 0.25) is 5.02 Å². The summed E-state index contributed by atoms with van der Waals surface area (Å²) in [5, 5.41) is 3.95. The van der Waals surface area contributed by atoms with Crippen LogP contribution in [0.15, 0.2) is 30.9 Å². The van der Waals surface area contributed by atoms with E-state index in [1.165, 1.54) is 0 Å². The van der Waals surface area contributed by atoms with Gasteiger partial charge in [-0.1, -0.05) is 18.5 Å². The Hall–Kier alpha value is -1.55. The number of H-pyrrole nitrogens is 1. The van der Waals surface area contributed by atoms with Gasteiger partial charge in [0.15, 0.2) is 0 Å². The summed E-state index contributed by atoms with van der Waals surface area (Å²) in [5.41, 5.74) is 0.875. The minimum atomic E-state index is 0.134. The molecule has 5 heteroatoms. The third-order valence-electron chi connectivity index (χ3n) is 2.36. The number of nitrogens with zero attached hydrogens (tertiary/aromatic N) is 2. The Morgan fingerprint density at radius 1 is 1.50 bits per heavy atom. The van der Waals surface area contributed by atoms with Gasteiger partial charge >= 0.3 is 0 Å². The van der Waals surface area contributed by atoms with E-state index in [0.29, 0.717) is 5.02 Å². The number of halogens is 1. The lowest BCUT2D eigenvalue weighted by Gasteiger charge is -2.16. The number of hydrogen-bond donors (Lipinski definition) is 2. The predicted octanol–water partition coefficient (Wildman–Crippen LogP) is 3.02. The molecule has 1 atom stereocenters. The van der Waals surface area contributed by atoms with Crippen molar-refractivity contribution < 1.29 is 0 Å². The third kappa shape index (κ3) is 2.33. The van der Waals surface area contributed by atoms with Crippen LogP contribution in [0.3, 0.4) is 0 Å². The van der Waals surface area contributed by atoms with Crippen molar-refractivity contribution in [2.45, 2.75) is 19.4 Å². The summed E-state index contributed by atoms with van der Waals surface area (Å²) in [7, 11) is 0. The molecule has 0 spiro atoms. The van der Waals surface area contributed by atoms with Gasteiger partial charge in [0.2, 0.25) is 0 Å². The van der Waals surface area contributed by atoms with Gasteiger partial charge in [0.1, 0.15) is 5.82 Å². The Kier molecular flexibility index (Phi) is 3.41. The molecule has 0 aliphatic rings. The quantitative estimate of drug-likeness (QED) is 0.858. The molecule has 84 valence electrons. The number of imidazole rings is 1. The fourth-order valence-corrected chi connectivity index (χ4v) is 1.69. The number of aromatic amines is 1. The summed E-state index contributed by atoms with van der Waals surface area (Å²) in [6.07, 6.45) is 7.82. The number of nitrogens with one attached hydrogen (secondary N) is 2. The first-order chi connectivity index (χ1) is 7.81. The Labute approximate surface area is 99.1 Å². The predicted molar refractivity (Wildman–Crippen MR) is 64.5 cm³/mol. The SMILES string of the molecule is CCC(Nc1ccncc1Cl)c1ncc[nH]1. The van der Waals surface area contributed by atoms with Crippen LogP contribution in [0.5, 0.6) is 0 Å². The van der Waals surface area contributed by atoms with Crippen molar-refractivity contribution in [2.75, 3.05) is 5.32 Å². The lowest BCUT2D eigenvalue weighted by molar-refractivity contribution is 0.704. The zero-order valence-corrected chi connectivity index (χ0v) is 9.70. The summed E-state index contributed by atoms with van der Waals surface area (Å²) >= 11 is 6.03. The molecule has 2 aromatic heterocycles. The van der Waals surface area contributed by atoms with Gasteiger partial charge < -0.3 is 10.3 Å². The minimum absolute atomic E-state index is 0.134. The van der Waals surface area contributed by atoms with Crippen molar-refractivity contribution in [3.05, 3.63) is 41.7 Å². The lowest BCUT2D eigenvalue weighted by Crippen LogP contribution is -2.11. The van der Waals surface area contributed by atoms with Crippen molar-refractivity contribution in [3.8, 4) is 0 Å². The van der Waals surface area contributed by atoms with E-state index in [2.05, 4.69) is 27.2 Å². The van der Waals surface area contributed by atoms with E-state index in [1.807, 2.05) is 12.3 Å². The highest BCUT2D eigenvalue weighted by atomic mass is 35.5. The zero-order chi connectivity index (χ0) is 11.4. The van der Waals surface area contributed by atoms with E-state index in [0.717, 1.165) is 17.9 Å². The molecule has 2 aromatic rings. The van der Waals surface area contributed by atoms with Gasteiger partial charge in [-0.05, 0) is 12.5 Å². The summed E-state index contributed by atoms with van der Waals surface area (Å²) in [6, 6.07) is 1.99. The lowest BCUT2D eigenvalue weighted by atomic mass is 10.2. The van der Waals surface area contributed by atoms with Crippen LogP contribution < -0.4 is 5.32 Å².